The number of nitriles is 1. The first-order valence-corrected chi connectivity index (χ1v) is 15.3. The van der Waals surface area contributed by atoms with Gasteiger partial charge in [0.1, 0.15) is 12.3 Å². The molecule has 7 atom stereocenters. The van der Waals surface area contributed by atoms with Gasteiger partial charge in [0, 0.05) is 24.5 Å². The van der Waals surface area contributed by atoms with Crippen LogP contribution in [0, 0.1) is 39.9 Å². The molecule has 1 unspecified atom stereocenters. The molecule has 3 aliphatic carbocycles. The normalized spacial score (nSPS) is 34.3. The molecule has 41 heavy (non-hydrogen) atoms. The summed E-state index contributed by atoms with van der Waals surface area (Å²) in [7, 11) is 0. The fourth-order valence-corrected chi connectivity index (χ4v) is 7.84. The highest BCUT2D eigenvalue weighted by atomic mass is 16.5. The number of aliphatic hydroxyl groups excluding tert-OH is 1. The van der Waals surface area contributed by atoms with Gasteiger partial charge in [-0.15, -0.1) is 0 Å². The summed E-state index contributed by atoms with van der Waals surface area (Å²) in [5.41, 5.74) is -0.842. The first-order valence-electron chi connectivity index (χ1n) is 15.3. The number of ether oxygens (including phenoxy) is 1. The Morgan fingerprint density at radius 1 is 1.22 bits per heavy atom. The van der Waals surface area contributed by atoms with Crippen LogP contribution in [-0.2, 0) is 14.3 Å². The minimum absolute atomic E-state index is 0.0325. The maximum atomic E-state index is 13.8. The predicted octanol–water partition coefficient (Wildman–Crippen LogP) is 1.32. The third-order valence-electron chi connectivity index (χ3n) is 10.9. The molecule has 6 fully saturated rings. The zero-order valence-electron chi connectivity index (χ0n) is 25.0. The van der Waals surface area contributed by atoms with Gasteiger partial charge in [-0.3, -0.25) is 14.5 Å². The number of hydrogen-bond donors (Lipinski definition) is 4. The third-order valence-corrected chi connectivity index (χ3v) is 10.9. The molecular weight excluding hydrogens is 524 g/mol. The lowest BCUT2D eigenvalue weighted by Crippen LogP contribution is -2.64. The summed E-state index contributed by atoms with van der Waals surface area (Å²) in [6, 6.07) is -0.0786. The molecule has 6 rings (SSSR count). The van der Waals surface area contributed by atoms with Crippen molar-refractivity contribution in [1.29, 1.82) is 5.26 Å². The number of likely N-dealkylation sites (tertiary alicyclic amines) is 1. The Hall–Kier alpha value is -2.42. The number of nitrogens with zero attached hydrogens (tertiary/aromatic N) is 3. The van der Waals surface area contributed by atoms with Gasteiger partial charge in [-0.05, 0) is 61.2 Å². The highest BCUT2D eigenvalue weighted by Crippen LogP contribution is 2.65. The summed E-state index contributed by atoms with van der Waals surface area (Å²) in [6.45, 7) is 12.3. The van der Waals surface area contributed by atoms with Crippen molar-refractivity contribution < 1.29 is 24.2 Å². The van der Waals surface area contributed by atoms with E-state index in [1.54, 1.807) is 4.90 Å². The van der Waals surface area contributed by atoms with E-state index in [4.69, 9.17) is 4.74 Å². The molecule has 3 aliphatic heterocycles. The molecular formula is C30H46N6O5. The standard InChI is InChI=1S/C30H46N6O5/c1-27(2,3)22(33-26(40)35-10-11-41-30(16-35)8-9-30)25(39)36-15-19-20(28(19,4)5)21(36)24(38)32-18(14-31)12-17-13-29(6-7-29)34-23(17)37/h17-22,25,39H,6-13,15-16H2,1-5H3,(H,32,38)(H,33,40)(H,34,37)/t17-,18+,19+,20+,21+,22-,25?/m1/s1. The fourth-order valence-electron chi connectivity index (χ4n) is 7.84. The highest BCUT2D eigenvalue weighted by Gasteiger charge is 2.69. The zero-order chi connectivity index (χ0) is 29.5. The third kappa shape index (κ3) is 5.21. The van der Waals surface area contributed by atoms with Crippen molar-refractivity contribution in [2.45, 2.75) is 109 Å². The van der Waals surface area contributed by atoms with Crippen molar-refractivity contribution in [2.24, 2.45) is 28.6 Å². The van der Waals surface area contributed by atoms with Crippen LogP contribution in [-0.4, -0.2) is 94.5 Å². The minimum Gasteiger partial charge on any atom is -0.376 e. The molecule has 3 saturated carbocycles. The van der Waals surface area contributed by atoms with Crippen molar-refractivity contribution in [1.82, 2.24) is 25.8 Å². The molecule has 3 saturated heterocycles. The van der Waals surface area contributed by atoms with E-state index in [0.717, 1.165) is 25.7 Å². The van der Waals surface area contributed by atoms with Crippen LogP contribution in [0.15, 0.2) is 0 Å². The van der Waals surface area contributed by atoms with Gasteiger partial charge < -0.3 is 30.7 Å². The Bertz CT molecular complexity index is 1150. The largest absolute Gasteiger partial charge is 0.376 e. The van der Waals surface area contributed by atoms with Crippen molar-refractivity contribution >= 4 is 17.8 Å². The van der Waals surface area contributed by atoms with E-state index >= 15 is 0 Å². The molecule has 0 aromatic heterocycles. The van der Waals surface area contributed by atoms with E-state index in [1.165, 1.54) is 0 Å². The summed E-state index contributed by atoms with van der Waals surface area (Å²) in [5.74, 6) is -0.348. The molecule has 0 aromatic rings. The van der Waals surface area contributed by atoms with Crippen LogP contribution < -0.4 is 16.0 Å². The van der Waals surface area contributed by atoms with Crippen LogP contribution in [0.25, 0.3) is 0 Å². The number of rotatable bonds is 7. The summed E-state index contributed by atoms with van der Waals surface area (Å²) >= 11 is 0. The van der Waals surface area contributed by atoms with E-state index in [9.17, 15) is 24.8 Å². The van der Waals surface area contributed by atoms with Gasteiger partial charge in [0.25, 0.3) is 0 Å². The van der Waals surface area contributed by atoms with E-state index in [2.05, 4.69) is 35.9 Å². The zero-order valence-corrected chi connectivity index (χ0v) is 25.0. The van der Waals surface area contributed by atoms with Gasteiger partial charge in [0.2, 0.25) is 11.8 Å². The summed E-state index contributed by atoms with van der Waals surface area (Å²) < 4.78 is 5.87. The maximum Gasteiger partial charge on any atom is 0.317 e. The quantitative estimate of drug-likeness (QED) is 0.361. The average Bonchev–Trinajstić information content (AvgIpc) is 3.83. The van der Waals surface area contributed by atoms with Gasteiger partial charge in [0.15, 0.2) is 0 Å². The fraction of sp³-hybridized carbons (Fsp3) is 0.867. The number of urea groups is 1. The molecule has 2 spiro atoms. The van der Waals surface area contributed by atoms with Crippen LogP contribution in [0.2, 0.25) is 0 Å². The van der Waals surface area contributed by atoms with Crippen molar-refractivity contribution in [3.05, 3.63) is 0 Å². The van der Waals surface area contributed by atoms with Crippen molar-refractivity contribution in [3.63, 3.8) is 0 Å². The van der Waals surface area contributed by atoms with Gasteiger partial charge in [0.05, 0.1) is 36.9 Å². The second-order valence-electron chi connectivity index (χ2n) is 15.4. The first-order chi connectivity index (χ1) is 19.2. The number of piperidine rings is 1. The Kier molecular flexibility index (Phi) is 6.68. The Balaban J connectivity index is 1.15. The number of fused-ring (bicyclic) bond motifs is 1. The Labute approximate surface area is 242 Å². The number of carbonyl (C=O) groups is 3. The molecule has 226 valence electrons. The van der Waals surface area contributed by atoms with Gasteiger partial charge in [-0.25, -0.2) is 4.79 Å². The molecule has 4 N–H and O–H groups in total. The number of morpholine rings is 1. The number of nitrogens with one attached hydrogen (secondary N) is 3. The van der Waals surface area contributed by atoms with E-state index in [-0.39, 0.29) is 58.6 Å². The lowest BCUT2D eigenvalue weighted by Gasteiger charge is -2.43. The summed E-state index contributed by atoms with van der Waals surface area (Å²) in [5, 5.41) is 30.8. The summed E-state index contributed by atoms with van der Waals surface area (Å²) in [6.07, 6.45) is 3.77. The number of hydrogen-bond acceptors (Lipinski definition) is 7. The SMILES string of the molecule is CC(C)(C)[C@H](NC(=O)N1CCOC2(CC2)C1)C(O)N1C[C@H]2[C@@H]([C@H]1C(=O)N[C@H](C#N)C[C@@H]1CC3(CC3)NC1=O)C2(C)C. The summed E-state index contributed by atoms with van der Waals surface area (Å²) in [4.78, 5) is 43.3. The minimum atomic E-state index is -1.09. The monoisotopic (exact) mass is 570 g/mol. The molecule has 0 bridgehead atoms. The van der Waals surface area contributed by atoms with Crippen LogP contribution in [0.3, 0.4) is 0 Å². The molecule has 3 heterocycles. The van der Waals surface area contributed by atoms with E-state index in [1.807, 2.05) is 25.7 Å². The van der Waals surface area contributed by atoms with Gasteiger partial charge in [-0.1, -0.05) is 34.6 Å². The lowest BCUT2D eigenvalue weighted by atomic mass is 9.84. The van der Waals surface area contributed by atoms with Crippen LogP contribution >= 0.6 is 0 Å². The predicted molar refractivity (Wildman–Crippen MR) is 149 cm³/mol. The Morgan fingerprint density at radius 2 is 1.93 bits per heavy atom. The topological polar surface area (TPSA) is 147 Å². The van der Waals surface area contributed by atoms with Crippen LogP contribution in [0.5, 0.6) is 0 Å². The van der Waals surface area contributed by atoms with Crippen molar-refractivity contribution in [2.75, 3.05) is 26.2 Å². The molecule has 0 aromatic carbocycles. The number of aliphatic hydroxyl groups is 1. The smallest absolute Gasteiger partial charge is 0.317 e. The van der Waals surface area contributed by atoms with Gasteiger partial charge >= 0.3 is 6.03 Å². The molecule has 6 aliphatic rings. The highest BCUT2D eigenvalue weighted by molar-refractivity contribution is 5.85. The Morgan fingerprint density at radius 3 is 2.51 bits per heavy atom. The second-order valence-corrected chi connectivity index (χ2v) is 15.4. The van der Waals surface area contributed by atoms with Crippen LogP contribution in [0.1, 0.15) is 73.1 Å². The first kappa shape index (κ1) is 28.7. The molecule has 11 nitrogen and oxygen atoms in total. The lowest BCUT2D eigenvalue weighted by molar-refractivity contribution is -0.135. The number of carbonyl (C=O) groups excluding carboxylic acids is 3. The molecule has 4 amide bonds. The van der Waals surface area contributed by atoms with Crippen molar-refractivity contribution in [3.8, 4) is 6.07 Å². The van der Waals surface area contributed by atoms with E-state index < -0.39 is 29.8 Å². The molecule has 11 heteroatoms. The number of amides is 4. The van der Waals surface area contributed by atoms with E-state index in [0.29, 0.717) is 32.7 Å². The van der Waals surface area contributed by atoms with Crippen LogP contribution in [0.4, 0.5) is 4.79 Å². The average molecular weight is 571 g/mol. The second kappa shape index (κ2) is 9.55. The maximum absolute atomic E-state index is 13.8. The van der Waals surface area contributed by atoms with Gasteiger partial charge in [-0.2, -0.15) is 5.26 Å². The molecule has 0 radical (unpaired) electrons.